The van der Waals surface area contributed by atoms with Crippen molar-refractivity contribution in [3.05, 3.63) is 27.2 Å². The lowest BCUT2D eigenvalue weighted by atomic mass is 10.3. The van der Waals surface area contributed by atoms with Gasteiger partial charge >= 0.3 is 11.9 Å². The van der Waals surface area contributed by atoms with Crippen molar-refractivity contribution < 1.29 is 14.3 Å². The maximum Gasteiger partial charge on any atom is 0.403 e. The Bertz CT molecular complexity index is 450. The van der Waals surface area contributed by atoms with Gasteiger partial charge in [0.25, 0.3) is 0 Å². The Morgan fingerprint density at radius 3 is 2.25 bits per heavy atom. The van der Waals surface area contributed by atoms with Crippen LogP contribution >= 0.6 is 34.8 Å². The molecule has 1 aromatic carbocycles. The number of hydrogen-bond acceptors (Lipinski definition) is 4. The molecule has 1 rings (SSSR count). The zero-order valence-electron chi connectivity index (χ0n) is 7.59. The van der Waals surface area contributed by atoms with Gasteiger partial charge in [0.1, 0.15) is 0 Å². The van der Waals surface area contributed by atoms with E-state index in [-0.39, 0.29) is 20.8 Å². The number of rotatable bonds is 1. The number of hydrogen-bond donors (Lipinski definition) is 2. The largest absolute Gasteiger partial charge is 0.418 e. The first-order valence-corrected chi connectivity index (χ1v) is 4.96. The molecule has 16 heavy (non-hydrogen) atoms. The number of halogens is 3. The fourth-order valence-corrected chi connectivity index (χ4v) is 1.36. The molecule has 8 heteroatoms. The van der Waals surface area contributed by atoms with Crippen molar-refractivity contribution >= 4 is 46.7 Å². The number of hydrazine groups is 1. The fraction of sp³-hybridized carbons (Fsp3) is 0. The van der Waals surface area contributed by atoms with Crippen molar-refractivity contribution in [2.45, 2.75) is 0 Å². The van der Waals surface area contributed by atoms with E-state index >= 15 is 0 Å². The molecule has 0 aliphatic heterocycles. The number of esters is 1. The summed E-state index contributed by atoms with van der Waals surface area (Å²) >= 11 is 17.0. The van der Waals surface area contributed by atoms with Crippen LogP contribution in [0.15, 0.2) is 12.1 Å². The third-order valence-electron chi connectivity index (χ3n) is 1.49. The number of carbonyl (C=O) groups is 2. The van der Waals surface area contributed by atoms with Crippen molar-refractivity contribution in [3.63, 3.8) is 0 Å². The number of ether oxygens (including phenoxy) is 1. The van der Waals surface area contributed by atoms with Gasteiger partial charge in [-0.05, 0) is 6.07 Å². The number of carbonyl (C=O) groups excluding carboxylic acids is 2. The first-order chi connectivity index (χ1) is 7.45. The summed E-state index contributed by atoms with van der Waals surface area (Å²) in [4.78, 5) is 21.8. The lowest BCUT2D eigenvalue weighted by molar-refractivity contribution is -0.148. The maximum absolute atomic E-state index is 11.0. The summed E-state index contributed by atoms with van der Waals surface area (Å²) in [6.07, 6.45) is 0. The number of nitrogens with one attached hydrogen (secondary N) is 1. The molecule has 1 aromatic rings. The molecule has 3 N–H and O–H groups in total. The van der Waals surface area contributed by atoms with Gasteiger partial charge in [-0.2, -0.15) is 0 Å². The summed E-state index contributed by atoms with van der Waals surface area (Å²) < 4.78 is 4.63. The normalized spacial score (nSPS) is 9.75. The molecule has 0 aromatic heterocycles. The van der Waals surface area contributed by atoms with Crippen LogP contribution in [-0.2, 0) is 9.59 Å². The Labute approximate surface area is 105 Å². The molecular weight excluding hydrogens is 278 g/mol. The van der Waals surface area contributed by atoms with Crippen molar-refractivity contribution in [1.82, 2.24) is 5.43 Å². The van der Waals surface area contributed by atoms with Gasteiger partial charge in [0.05, 0.1) is 15.1 Å². The van der Waals surface area contributed by atoms with E-state index in [1.54, 1.807) is 5.43 Å². The Balaban J connectivity index is 2.94. The van der Waals surface area contributed by atoms with Crippen LogP contribution in [0.5, 0.6) is 5.75 Å². The second-order valence-corrected chi connectivity index (χ2v) is 3.78. The Hall–Kier alpha value is -1.01. The average Bonchev–Trinajstić information content (AvgIpc) is 2.24. The summed E-state index contributed by atoms with van der Waals surface area (Å²) in [5, 5.41) is 0.393. The molecule has 0 saturated heterocycles. The third kappa shape index (κ3) is 2.99. The Kier molecular flexibility index (Phi) is 4.37. The molecule has 0 spiro atoms. The van der Waals surface area contributed by atoms with E-state index in [4.69, 9.17) is 40.6 Å². The molecule has 0 aliphatic carbocycles. The first kappa shape index (κ1) is 13.1. The Morgan fingerprint density at radius 1 is 1.12 bits per heavy atom. The summed E-state index contributed by atoms with van der Waals surface area (Å²) in [6, 6.07) is 2.50. The zero-order valence-corrected chi connectivity index (χ0v) is 9.86. The number of benzene rings is 1. The van der Waals surface area contributed by atoms with E-state index in [1.165, 1.54) is 12.1 Å². The predicted octanol–water partition coefficient (Wildman–Crippen LogP) is 1.54. The van der Waals surface area contributed by atoms with E-state index < -0.39 is 11.9 Å². The smallest absolute Gasteiger partial charge is 0.403 e. The fourth-order valence-electron chi connectivity index (χ4n) is 0.788. The summed E-state index contributed by atoms with van der Waals surface area (Å²) in [7, 11) is 0. The molecule has 86 valence electrons. The van der Waals surface area contributed by atoms with Gasteiger partial charge in [-0.25, -0.2) is 10.6 Å². The molecule has 1 amide bonds. The van der Waals surface area contributed by atoms with Crippen LogP contribution in [0.4, 0.5) is 0 Å². The van der Waals surface area contributed by atoms with Gasteiger partial charge in [0.15, 0.2) is 5.75 Å². The first-order valence-electron chi connectivity index (χ1n) is 3.83. The van der Waals surface area contributed by atoms with Crippen LogP contribution in [0.1, 0.15) is 0 Å². The van der Waals surface area contributed by atoms with E-state index in [2.05, 4.69) is 4.74 Å². The zero-order chi connectivity index (χ0) is 12.3. The van der Waals surface area contributed by atoms with Gasteiger partial charge in [-0.3, -0.25) is 10.2 Å². The highest BCUT2D eigenvalue weighted by Gasteiger charge is 2.17. The minimum Gasteiger partial charge on any atom is -0.418 e. The average molecular weight is 283 g/mol. The molecule has 5 nitrogen and oxygen atoms in total. The van der Waals surface area contributed by atoms with Crippen molar-refractivity contribution in [2.75, 3.05) is 0 Å². The lowest BCUT2D eigenvalue weighted by Gasteiger charge is -2.06. The highest BCUT2D eigenvalue weighted by molar-refractivity contribution is 6.43. The highest BCUT2D eigenvalue weighted by Crippen LogP contribution is 2.33. The molecule has 0 heterocycles. The van der Waals surface area contributed by atoms with Gasteiger partial charge in [0, 0.05) is 6.07 Å². The van der Waals surface area contributed by atoms with E-state index in [1.807, 2.05) is 0 Å². The third-order valence-corrected chi connectivity index (χ3v) is 2.51. The molecule has 0 fully saturated rings. The summed E-state index contributed by atoms with van der Waals surface area (Å²) in [6.45, 7) is 0. The van der Waals surface area contributed by atoms with Crippen LogP contribution in [0, 0.1) is 0 Å². The van der Waals surface area contributed by atoms with Crippen molar-refractivity contribution in [1.29, 1.82) is 0 Å². The molecule has 0 unspecified atom stereocenters. The second-order valence-electron chi connectivity index (χ2n) is 2.56. The van der Waals surface area contributed by atoms with Gasteiger partial charge in [-0.1, -0.05) is 34.8 Å². The highest BCUT2D eigenvalue weighted by atomic mass is 35.5. The standard InChI is InChI=1S/C8H5Cl3N2O3/c9-3-1-5(11)6(2-4(3)10)16-8(15)7(14)13-12/h1-2H,12H2,(H,13,14). The maximum atomic E-state index is 11.0. The quantitative estimate of drug-likeness (QED) is 0.156. The van der Waals surface area contributed by atoms with Crippen molar-refractivity contribution in [3.8, 4) is 5.75 Å². The van der Waals surface area contributed by atoms with Crippen LogP contribution in [0.3, 0.4) is 0 Å². The van der Waals surface area contributed by atoms with Crippen LogP contribution < -0.4 is 16.0 Å². The number of nitrogens with two attached hydrogens (primary N) is 1. The molecule has 0 radical (unpaired) electrons. The monoisotopic (exact) mass is 282 g/mol. The molecule has 0 saturated carbocycles. The molecular formula is C8H5Cl3N2O3. The predicted molar refractivity (Wildman–Crippen MR) is 59.4 cm³/mol. The topological polar surface area (TPSA) is 81.4 Å². The molecule has 0 atom stereocenters. The minimum atomic E-state index is -1.21. The van der Waals surface area contributed by atoms with E-state index in [0.717, 1.165) is 0 Å². The van der Waals surface area contributed by atoms with Gasteiger partial charge in [-0.15, -0.1) is 0 Å². The second kappa shape index (κ2) is 5.36. The summed E-state index contributed by atoms with van der Waals surface area (Å²) in [5.41, 5.74) is 1.61. The van der Waals surface area contributed by atoms with Crippen LogP contribution in [-0.4, -0.2) is 11.9 Å². The lowest BCUT2D eigenvalue weighted by Crippen LogP contribution is -2.38. The SMILES string of the molecule is NNC(=O)C(=O)Oc1cc(Cl)c(Cl)cc1Cl. The molecule has 0 aliphatic rings. The minimum absolute atomic E-state index is 0.0487. The van der Waals surface area contributed by atoms with E-state index in [9.17, 15) is 9.59 Å². The molecule has 0 bridgehead atoms. The van der Waals surface area contributed by atoms with Gasteiger partial charge < -0.3 is 4.74 Å². The summed E-state index contributed by atoms with van der Waals surface area (Å²) in [5.74, 6) is 2.34. The Morgan fingerprint density at radius 2 is 1.69 bits per heavy atom. The number of amides is 1. The van der Waals surface area contributed by atoms with Gasteiger partial charge in [0.2, 0.25) is 0 Å². The van der Waals surface area contributed by atoms with Crippen molar-refractivity contribution in [2.24, 2.45) is 5.84 Å². The van der Waals surface area contributed by atoms with E-state index in [0.29, 0.717) is 0 Å². The van der Waals surface area contributed by atoms with Crippen LogP contribution in [0.25, 0.3) is 0 Å². The van der Waals surface area contributed by atoms with Crippen LogP contribution in [0.2, 0.25) is 15.1 Å².